The van der Waals surface area contributed by atoms with Gasteiger partial charge < -0.3 is 10.1 Å². The summed E-state index contributed by atoms with van der Waals surface area (Å²) in [6.45, 7) is 4.62. The van der Waals surface area contributed by atoms with Crippen LogP contribution in [0.4, 0.5) is 0 Å². The molecule has 1 aromatic rings. The first-order valence-corrected chi connectivity index (χ1v) is 7.56. The van der Waals surface area contributed by atoms with E-state index >= 15 is 0 Å². The molecule has 1 N–H and O–H groups in total. The van der Waals surface area contributed by atoms with Gasteiger partial charge in [0.25, 0.3) is 0 Å². The lowest BCUT2D eigenvalue weighted by Gasteiger charge is -2.20. The quantitative estimate of drug-likeness (QED) is 0.768. The third-order valence-electron chi connectivity index (χ3n) is 3.98. The fraction of sp³-hybridized carbons (Fsp3) is 0.647. The van der Waals surface area contributed by atoms with Crippen molar-refractivity contribution in [2.75, 3.05) is 7.11 Å². The van der Waals surface area contributed by atoms with Crippen LogP contribution in [-0.2, 0) is 6.42 Å². The number of nitrogens with one attached hydrogen (secondary N) is 1. The number of rotatable bonds is 8. The number of methoxy groups -OCH3 is 1. The van der Waals surface area contributed by atoms with E-state index in [1.54, 1.807) is 7.11 Å². The van der Waals surface area contributed by atoms with Crippen molar-refractivity contribution in [3.05, 3.63) is 29.8 Å². The van der Waals surface area contributed by atoms with Gasteiger partial charge in [-0.25, -0.2) is 0 Å². The van der Waals surface area contributed by atoms with Crippen LogP contribution >= 0.6 is 0 Å². The second-order valence-electron chi connectivity index (χ2n) is 6.03. The zero-order chi connectivity index (χ0) is 13.7. The highest BCUT2D eigenvalue weighted by molar-refractivity contribution is 5.27. The second-order valence-corrected chi connectivity index (χ2v) is 6.03. The van der Waals surface area contributed by atoms with E-state index in [4.69, 9.17) is 4.74 Å². The SMILES string of the molecule is COc1ccc(CCC(C)NC(C)CC2CC2)cc1. The van der Waals surface area contributed by atoms with Crippen molar-refractivity contribution < 1.29 is 4.74 Å². The van der Waals surface area contributed by atoms with Gasteiger partial charge in [0.15, 0.2) is 0 Å². The smallest absolute Gasteiger partial charge is 0.118 e. The molecule has 0 bridgehead atoms. The minimum Gasteiger partial charge on any atom is -0.497 e. The van der Waals surface area contributed by atoms with E-state index in [1.807, 2.05) is 12.1 Å². The Morgan fingerprint density at radius 2 is 1.84 bits per heavy atom. The highest BCUT2D eigenvalue weighted by atomic mass is 16.5. The highest BCUT2D eigenvalue weighted by Crippen LogP contribution is 2.33. The molecule has 0 aromatic heterocycles. The molecular formula is C17H27NO. The van der Waals surface area contributed by atoms with Crippen LogP contribution < -0.4 is 10.1 Å². The molecule has 0 spiro atoms. The zero-order valence-corrected chi connectivity index (χ0v) is 12.5. The summed E-state index contributed by atoms with van der Waals surface area (Å²) >= 11 is 0. The molecule has 2 rings (SSSR count). The predicted octanol–water partition coefficient (Wildman–Crippen LogP) is 3.79. The van der Waals surface area contributed by atoms with Gasteiger partial charge in [0, 0.05) is 12.1 Å². The summed E-state index contributed by atoms with van der Waals surface area (Å²) in [6.07, 6.45) is 6.58. The van der Waals surface area contributed by atoms with Crippen LogP contribution in [0.25, 0.3) is 0 Å². The van der Waals surface area contributed by atoms with Crippen LogP contribution in [0.2, 0.25) is 0 Å². The van der Waals surface area contributed by atoms with Crippen molar-refractivity contribution in [3.63, 3.8) is 0 Å². The van der Waals surface area contributed by atoms with Crippen molar-refractivity contribution in [1.82, 2.24) is 5.32 Å². The lowest BCUT2D eigenvalue weighted by atomic mass is 10.0. The summed E-state index contributed by atoms with van der Waals surface area (Å²) in [6, 6.07) is 9.68. The van der Waals surface area contributed by atoms with Crippen LogP contribution in [0.5, 0.6) is 5.75 Å². The van der Waals surface area contributed by atoms with E-state index in [-0.39, 0.29) is 0 Å². The molecule has 1 saturated carbocycles. The van der Waals surface area contributed by atoms with E-state index < -0.39 is 0 Å². The van der Waals surface area contributed by atoms with Gasteiger partial charge in [-0.05, 0) is 56.7 Å². The molecule has 2 nitrogen and oxygen atoms in total. The average molecular weight is 261 g/mol. The molecule has 0 amide bonds. The topological polar surface area (TPSA) is 21.3 Å². The highest BCUT2D eigenvalue weighted by Gasteiger charge is 2.23. The van der Waals surface area contributed by atoms with Gasteiger partial charge in [-0.3, -0.25) is 0 Å². The Bertz CT molecular complexity index is 369. The summed E-state index contributed by atoms with van der Waals surface area (Å²) < 4.78 is 5.18. The van der Waals surface area contributed by atoms with Crippen LogP contribution in [0, 0.1) is 5.92 Å². The standard InChI is InChI=1S/C17H27NO/c1-13(18-14(2)12-16-6-7-16)4-5-15-8-10-17(19-3)11-9-15/h8-11,13-14,16,18H,4-7,12H2,1-3H3. The van der Waals surface area contributed by atoms with Crippen molar-refractivity contribution in [2.24, 2.45) is 5.92 Å². The second kappa shape index (κ2) is 6.95. The Kier molecular flexibility index (Phi) is 5.26. The first kappa shape index (κ1) is 14.4. The maximum atomic E-state index is 5.18. The summed E-state index contributed by atoms with van der Waals surface area (Å²) in [5, 5.41) is 3.72. The number of hydrogen-bond donors (Lipinski definition) is 1. The molecule has 1 aliphatic carbocycles. The molecule has 19 heavy (non-hydrogen) atoms. The molecule has 0 radical (unpaired) electrons. The molecule has 106 valence electrons. The van der Waals surface area contributed by atoms with Crippen molar-refractivity contribution in [1.29, 1.82) is 0 Å². The largest absolute Gasteiger partial charge is 0.497 e. The Morgan fingerprint density at radius 1 is 1.16 bits per heavy atom. The van der Waals surface area contributed by atoms with E-state index in [0.29, 0.717) is 12.1 Å². The Hall–Kier alpha value is -1.02. The minimum absolute atomic E-state index is 0.593. The van der Waals surface area contributed by atoms with Crippen LogP contribution in [0.3, 0.4) is 0 Å². The van der Waals surface area contributed by atoms with Crippen LogP contribution in [0.15, 0.2) is 24.3 Å². The van der Waals surface area contributed by atoms with Crippen molar-refractivity contribution >= 4 is 0 Å². The maximum absolute atomic E-state index is 5.18. The van der Waals surface area contributed by atoms with Gasteiger partial charge in [0.1, 0.15) is 5.75 Å². The fourth-order valence-corrected chi connectivity index (χ4v) is 2.67. The number of benzene rings is 1. The molecule has 1 aromatic carbocycles. The summed E-state index contributed by atoms with van der Waals surface area (Å²) in [4.78, 5) is 0. The zero-order valence-electron chi connectivity index (χ0n) is 12.5. The van der Waals surface area contributed by atoms with E-state index in [1.165, 1.54) is 31.2 Å². The number of ether oxygens (including phenoxy) is 1. The Balaban J connectivity index is 1.67. The molecule has 0 heterocycles. The third-order valence-corrected chi connectivity index (χ3v) is 3.98. The summed E-state index contributed by atoms with van der Waals surface area (Å²) in [5.41, 5.74) is 1.39. The van der Waals surface area contributed by atoms with Gasteiger partial charge in [-0.15, -0.1) is 0 Å². The summed E-state index contributed by atoms with van der Waals surface area (Å²) in [5.74, 6) is 1.95. The predicted molar refractivity (Wildman–Crippen MR) is 80.7 cm³/mol. The first-order chi connectivity index (χ1) is 9.17. The van der Waals surface area contributed by atoms with Gasteiger partial charge in [-0.2, -0.15) is 0 Å². The maximum Gasteiger partial charge on any atom is 0.118 e. The average Bonchev–Trinajstić information content (AvgIpc) is 3.20. The van der Waals surface area contributed by atoms with Crippen molar-refractivity contribution in [3.8, 4) is 5.75 Å². The molecule has 1 aliphatic rings. The lowest BCUT2D eigenvalue weighted by Crippen LogP contribution is -2.35. The normalized spacial score (nSPS) is 18.1. The van der Waals surface area contributed by atoms with Gasteiger partial charge >= 0.3 is 0 Å². The van der Waals surface area contributed by atoms with Crippen LogP contribution in [-0.4, -0.2) is 19.2 Å². The van der Waals surface area contributed by atoms with Gasteiger partial charge in [0.05, 0.1) is 7.11 Å². The Morgan fingerprint density at radius 3 is 2.42 bits per heavy atom. The van der Waals surface area contributed by atoms with E-state index in [0.717, 1.165) is 18.1 Å². The lowest BCUT2D eigenvalue weighted by molar-refractivity contribution is 0.412. The molecule has 2 heteroatoms. The molecule has 1 fully saturated rings. The summed E-state index contributed by atoms with van der Waals surface area (Å²) in [7, 11) is 1.71. The van der Waals surface area contributed by atoms with E-state index in [9.17, 15) is 0 Å². The molecular weight excluding hydrogens is 234 g/mol. The molecule has 0 aliphatic heterocycles. The van der Waals surface area contributed by atoms with Crippen molar-refractivity contribution in [2.45, 2.75) is 58.0 Å². The Labute approximate surface area is 117 Å². The van der Waals surface area contributed by atoms with Gasteiger partial charge in [-0.1, -0.05) is 25.0 Å². The third kappa shape index (κ3) is 5.23. The van der Waals surface area contributed by atoms with E-state index in [2.05, 4.69) is 31.3 Å². The monoisotopic (exact) mass is 261 g/mol. The number of aryl methyl sites for hydroxylation is 1. The fourth-order valence-electron chi connectivity index (χ4n) is 2.67. The first-order valence-electron chi connectivity index (χ1n) is 7.56. The minimum atomic E-state index is 0.593. The molecule has 2 atom stereocenters. The molecule has 0 saturated heterocycles. The van der Waals surface area contributed by atoms with Crippen LogP contribution in [0.1, 0.15) is 45.1 Å². The molecule has 2 unspecified atom stereocenters. The van der Waals surface area contributed by atoms with Gasteiger partial charge in [0.2, 0.25) is 0 Å². The number of hydrogen-bond acceptors (Lipinski definition) is 2.